The number of aryl methyl sites for hydroxylation is 1. The third-order valence-corrected chi connectivity index (χ3v) is 6.37. The Morgan fingerprint density at radius 2 is 2.12 bits per heavy atom. The number of ether oxygens (including phenoxy) is 1. The van der Waals surface area contributed by atoms with E-state index in [1.807, 2.05) is 43.6 Å². The molecule has 136 valence electrons. The van der Waals surface area contributed by atoms with Crippen molar-refractivity contribution >= 4 is 20.9 Å². The lowest BCUT2D eigenvalue weighted by Gasteiger charge is -2.31. The molecular formula is C18H20N4O3S. The number of hydrogen-bond acceptors (Lipinski definition) is 5. The van der Waals surface area contributed by atoms with Crippen molar-refractivity contribution in [3.63, 3.8) is 0 Å². The number of morpholine rings is 1. The predicted molar refractivity (Wildman–Crippen MR) is 97.8 cm³/mol. The highest BCUT2D eigenvalue weighted by atomic mass is 32.2. The van der Waals surface area contributed by atoms with Crippen LogP contribution in [0.1, 0.15) is 17.2 Å². The molecular weight excluding hydrogens is 352 g/mol. The van der Waals surface area contributed by atoms with E-state index in [1.165, 1.54) is 4.31 Å². The summed E-state index contributed by atoms with van der Waals surface area (Å²) < 4.78 is 35.0. The molecule has 0 radical (unpaired) electrons. The van der Waals surface area contributed by atoms with E-state index in [4.69, 9.17) is 4.74 Å². The number of hydrogen-bond donors (Lipinski definition) is 0. The summed E-state index contributed by atoms with van der Waals surface area (Å²) in [6, 6.07) is 9.41. The molecule has 2 aromatic heterocycles. The van der Waals surface area contributed by atoms with Gasteiger partial charge in [-0.1, -0.05) is 24.3 Å². The smallest absolute Gasteiger partial charge is 0.218 e. The Kier molecular flexibility index (Phi) is 4.47. The Balaban J connectivity index is 1.58. The van der Waals surface area contributed by atoms with Gasteiger partial charge >= 0.3 is 0 Å². The number of para-hydroxylation sites is 1. The van der Waals surface area contributed by atoms with E-state index in [2.05, 4.69) is 10.1 Å². The Morgan fingerprint density at radius 1 is 1.27 bits per heavy atom. The zero-order chi connectivity index (χ0) is 18.1. The second-order valence-corrected chi connectivity index (χ2v) is 8.38. The quantitative estimate of drug-likeness (QED) is 0.699. The van der Waals surface area contributed by atoms with Gasteiger partial charge < -0.3 is 4.74 Å². The van der Waals surface area contributed by atoms with Crippen LogP contribution in [0.5, 0.6) is 0 Å². The number of fused-ring (bicyclic) bond motifs is 1. The summed E-state index contributed by atoms with van der Waals surface area (Å²) in [5.74, 6) is -0.0683. The minimum atomic E-state index is -3.48. The summed E-state index contributed by atoms with van der Waals surface area (Å²) in [5.41, 5.74) is 2.34. The highest BCUT2D eigenvalue weighted by Gasteiger charge is 2.31. The van der Waals surface area contributed by atoms with Crippen molar-refractivity contribution < 1.29 is 13.2 Å². The van der Waals surface area contributed by atoms with E-state index >= 15 is 0 Å². The van der Waals surface area contributed by atoms with Crippen LogP contribution < -0.4 is 0 Å². The summed E-state index contributed by atoms with van der Waals surface area (Å²) in [7, 11) is -1.65. The molecule has 1 atom stereocenters. The molecule has 1 aromatic carbocycles. The number of sulfonamides is 1. The lowest BCUT2D eigenvalue weighted by atomic mass is 10.1. The van der Waals surface area contributed by atoms with Gasteiger partial charge in [0, 0.05) is 43.5 Å². The molecule has 1 aliphatic rings. The molecule has 1 fully saturated rings. The number of aromatic nitrogens is 3. The van der Waals surface area contributed by atoms with Gasteiger partial charge in [-0.2, -0.15) is 9.40 Å². The maximum atomic E-state index is 13.0. The van der Waals surface area contributed by atoms with Gasteiger partial charge in [-0.15, -0.1) is 0 Å². The van der Waals surface area contributed by atoms with Crippen LogP contribution in [0.2, 0.25) is 0 Å². The summed E-state index contributed by atoms with van der Waals surface area (Å²) in [6.07, 6.45) is 4.97. The zero-order valence-electron chi connectivity index (χ0n) is 14.4. The van der Waals surface area contributed by atoms with Crippen molar-refractivity contribution in [1.82, 2.24) is 19.1 Å². The fourth-order valence-corrected chi connectivity index (χ4v) is 4.78. The van der Waals surface area contributed by atoms with Crippen LogP contribution in [0.3, 0.4) is 0 Å². The molecule has 0 saturated carbocycles. The Morgan fingerprint density at radius 3 is 2.92 bits per heavy atom. The lowest BCUT2D eigenvalue weighted by Crippen LogP contribution is -2.42. The molecule has 1 unspecified atom stereocenters. The van der Waals surface area contributed by atoms with Gasteiger partial charge in [0.25, 0.3) is 0 Å². The SMILES string of the molecule is Cn1cc(C2CN(S(=O)(=O)Cc3cccc4cccnc34)CCO2)cn1. The topological polar surface area (TPSA) is 77.3 Å². The summed E-state index contributed by atoms with van der Waals surface area (Å²) in [4.78, 5) is 4.36. The van der Waals surface area contributed by atoms with Gasteiger partial charge in [0.05, 0.1) is 30.2 Å². The van der Waals surface area contributed by atoms with E-state index < -0.39 is 10.0 Å². The third kappa shape index (κ3) is 3.35. The van der Waals surface area contributed by atoms with Crippen molar-refractivity contribution in [3.05, 3.63) is 60.0 Å². The van der Waals surface area contributed by atoms with Crippen LogP contribution in [0.25, 0.3) is 10.9 Å². The Bertz CT molecular complexity index is 1030. The van der Waals surface area contributed by atoms with Crippen LogP contribution in [0.4, 0.5) is 0 Å². The molecule has 0 bridgehead atoms. The summed E-state index contributed by atoms with van der Waals surface area (Å²) in [5, 5.41) is 5.08. The number of rotatable bonds is 4. The molecule has 3 heterocycles. The highest BCUT2D eigenvalue weighted by molar-refractivity contribution is 7.88. The van der Waals surface area contributed by atoms with E-state index in [0.717, 1.165) is 16.5 Å². The van der Waals surface area contributed by atoms with Crippen LogP contribution in [-0.4, -0.2) is 47.2 Å². The average Bonchev–Trinajstić information content (AvgIpc) is 3.08. The molecule has 26 heavy (non-hydrogen) atoms. The van der Waals surface area contributed by atoms with E-state index in [9.17, 15) is 8.42 Å². The van der Waals surface area contributed by atoms with Gasteiger partial charge in [0.2, 0.25) is 10.0 Å². The fraction of sp³-hybridized carbons (Fsp3) is 0.333. The maximum absolute atomic E-state index is 13.0. The average molecular weight is 372 g/mol. The zero-order valence-corrected chi connectivity index (χ0v) is 15.3. The van der Waals surface area contributed by atoms with Crippen LogP contribution in [0.15, 0.2) is 48.9 Å². The van der Waals surface area contributed by atoms with Gasteiger partial charge in [-0.3, -0.25) is 9.67 Å². The minimum Gasteiger partial charge on any atom is -0.371 e. The molecule has 1 aliphatic heterocycles. The maximum Gasteiger partial charge on any atom is 0.218 e. The van der Waals surface area contributed by atoms with Gasteiger partial charge in [-0.05, 0) is 11.6 Å². The Hall–Kier alpha value is -2.29. The van der Waals surface area contributed by atoms with Crippen LogP contribution in [-0.2, 0) is 27.6 Å². The first-order chi connectivity index (χ1) is 12.5. The molecule has 0 N–H and O–H groups in total. The molecule has 0 aliphatic carbocycles. The minimum absolute atomic E-state index is 0.0683. The van der Waals surface area contributed by atoms with Crippen molar-refractivity contribution in [2.24, 2.45) is 7.05 Å². The number of benzene rings is 1. The molecule has 1 saturated heterocycles. The Labute approximate surface area is 152 Å². The first kappa shape index (κ1) is 17.1. The third-order valence-electron chi connectivity index (χ3n) is 4.57. The number of pyridine rings is 1. The van der Waals surface area contributed by atoms with Crippen LogP contribution >= 0.6 is 0 Å². The normalized spacial score (nSPS) is 19.0. The number of nitrogens with zero attached hydrogens (tertiary/aromatic N) is 4. The van der Waals surface area contributed by atoms with Gasteiger partial charge in [0.15, 0.2) is 0 Å². The largest absolute Gasteiger partial charge is 0.371 e. The van der Waals surface area contributed by atoms with E-state index in [-0.39, 0.29) is 11.9 Å². The van der Waals surface area contributed by atoms with E-state index in [0.29, 0.717) is 25.3 Å². The molecule has 7 nitrogen and oxygen atoms in total. The highest BCUT2D eigenvalue weighted by Crippen LogP contribution is 2.26. The van der Waals surface area contributed by atoms with Crippen molar-refractivity contribution in [2.45, 2.75) is 11.9 Å². The second-order valence-electron chi connectivity index (χ2n) is 6.41. The lowest BCUT2D eigenvalue weighted by molar-refractivity contribution is -0.00263. The van der Waals surface area contributed by atoms with Crippen LogP contribution in [0, 0.1) is 0 Å². The monoisotopic (exact) mass is 372 g/mol. The summed E-state index contributed by atoms with van der Waals surface area (Å²) >= 11 is 0. The first-order valence-corrected chi connectivity index (χ1v) is 10.0. The first-order valence-electron chi connectivity index (χ1n) is 8.43. The molecule has 4 rings (SSSR count). The summed E-state index contributed by atoms with van der Waals surface area (Å²) in [6.45, 7) is 1.02. The van der Waals surface area contributed by atoms with E-state index in [1.54, 1.807) is 17.1 Å². The molecule has 8 heteroatoms. The van der Waals surface area contributed by atoms with Gasteiger partial charge in [0.1, 0.15) is 0 Å². The van der Waals surface area contributed by atoms with Crippen molar-refractivity contribution in [1.29, 1.82) is 0 Å². The standard InChI is InChI=1S/C18H20N4O3S/c1-21-11-16(10-20-21)17-12-22(8-9-25-17)26(23,24)13-15-5-2-4-14-6-3-7-19-18(14)15/h2-7,10-11,17H,8-9,12-13H2,1H3. The molecule has 3 aromatic rings. The molecule has 0 amide bonds. The predicted octanol–water partition coefficient (Wildman–Crippen LogP) is 1.87. The fourth-order valence-electron chi connectivity index (χ4n) is 3.26. The second kappa shape index (κ2) is 6.79. The van der Waals surface area contributed by atoms with Gasteiger partial charge in [-0.25, -0.2) is 8.42 Å². The van der Waals surface area contributed by atoms with Crippen molar-refractivity contribution in [3.8, 4) is 0 Å². The van der Waals surface area contributed by atoms with Crippen molar-refractivity contribution in [2.75, 3.05) is 19.7 Å². The molecule has 0 spiro atoms.